The lowest BCUT2D eigenvalue weighted by molar-refractivity contribution is 0.431. The van der Waals surface area contributed by atoms with E-state index < -0.39 is 5.41 Å². The van der Waals surface area contributed by atoms with Crippen LogP contribution in [0.4, 0.5) is 17.1 Å². The maximum Gasteiger partial charge on any atom is 0.146 e. The second-order valence-corrected chi connectivity index (χ2v) is 11.6. The molecule has 0 radical (unpaired) electrons. The van der Waals surface area contributed by atoms with Crippen molar-refractivity contribution in [3.05, 3.63) is 145 Å². The van der Waals surface area contributed by atoms with E-state index in [0.717, 1.165) is 53.1 Å². The Morgan fingerprint density at radius 2 is 1.17 bits per heavy atom. The Hall–Kier alpha value is -2.86. The smallest absolute Gasteiger partial charge is 0.146 e. The fourth-order valence-electron chi connectivity index (χ4n) is 5.75. The van der Waals surface area contributed by atoms with Crippen molar-refractivity contribution in [3.63, 3.8) is 0 Å². The molecule has 2 nitrogen and oxygen atoms in total. The number of halogens is 3. The standard InChI is InChI=1S/C31H18Br3NO/c32-19-13-15-27-24(17-19)31(22-9-4-5-12-29(22)36-30-23(31)10-6-11-26(30)34)25-18-20(33)14-16-28(25)35(27)21-7-2-1-3-8-21/h1-18H. The van der Waals surface area contributed by atoms with Crippen LogP contribution >= 0.6 is 47.8 Å². The first-order valence-electron chi connectivity index (χ1n) is 11.6. The van der Waals surface area contributed by atoms with Crippen molar-refractivity contribution in [1.82, 2.24) is 0 Å². The second-order valence-electron chi connectivity index (χ2n) is 8.96. The van der Waals surface area contributed by atoms with E-state index in [1.54, 1.807) is 0 Å². The first-order chi connectivity index (χ1) is 17.6. The van der Waals surface area contributed by atoms with E-state index in [1.165, 1.54) is 11.1 Å². The van der Waals surface area contributed by atoms with Gasteiger partial charge in [-0.1, -0.05) is 80.4 Å². The molecule has 0 N–H and O–H groups in total. The molecule has 0 unspecified atom stereocenters. The van der Waals surface area contributed by atoms with Crippen LogP contribution in [-0.4, -0.2) is 0 Å². The number of hydrogen-bond donors (Lipinski definition) is 0. The summed E-state index contributed by atoms with van der Waals surface area (Å²) in [6.07, 6.45) is 0. The third-order valence-electron chi connectivity index (χ3n) is 7.10. The molecule has 5 aromatic rings. The third-order valence-corrected chi connectivity index (χ3v) is 8.71. The van der Waals surface area contributed by atoms with Crippen molar-refractivity contribution in [2.24, 2.45) is 0 Å². The van der Waals surface area contributed by atoms with Gasteiger partial charge >= 0.3 is 0 Å². The number of rotatable bonds is 1. The fraction of sp³-hybridized carbons (Fsp3) is 0.0323. The molecule has 2 heterocycles. The minimum absolute atomic E-state index is 0.586. The van der Waals surface area contributed by atoms with Gasteiger partial charge in [0.1, 0.15) is 11.5 Å². The lowest BCUT2D eigenvalue weighted by Gasteiger charge is -2.48. The maximum atomic E-state index is 6.55. The predicted octanol–water partition coefficient (Wildman–Crippen LogP) is 10.2. The van der Waals surface area contributed by atoms with Gasteiger partial charge in [0, 0.05) is 25.8 Å². The van der Waals surface area contributed by atoms with Gasteiger partial charge in [-0.2, -0.15) is 0 Å². The fourth-order valence-corrected chi connectivity index (χ4v) is 6.92. The average molecular weight is 660 g/mol. The van der Waals surface area contributed by atoms with Gasteiger partial charge in [-0.3, -0.25) is 0 Å². The van der Waals surface area contributed by atoms with Crippen molar-refractivity contribution >= 4 is 64.9 Å². The molecule has 2 aliphatic rings. The van der Waals surface area contributed by atoms with E-state index >= 15 is 0 Å². The van der Waals surface area contributed by atoms with Crippen LogP contribution in [0.5, 0.6) is 11.5 Å². The molecule has 0 aromatic heterocycles. The molecule has 0 amide bonds. The van der Waals surface area contributed by atoms with Crippen molar-refractivity contribution in [2.45, 2.75) is 5.41 Å². The van der Waals surface area contributed by atoms with E-state index in [-0.39, 0.29) is 0 Å². The quantitative estimate of drug-likeness (QED) is 0.174. The third kappa shape index (κ3) is 3.06. The highest BCUT2D eigenvalue weighted by Crippen LogP contribution is 2.63. The van der Waals surface area contributed by atoms with E-state index in [2.05, 4.69) is 150 Å². The molecule has 0 saturated carbocycles. The minimum Gasteiger partial charge on any atom is -0.455 e. The zero-order chi connectivity index (χ0) is 24.4. The maximum absolute atomic E-state index is 6.55. The summed E-state index contributed by atoms with van der Waals surface area (Å²) in [4.78, 5) is 2.37. The molecule has 0 atom stereocenters. The number of ether oxygens (including phenoxy) is 1. The summed E-state index contributed by atoms with van der Waals surface area (Å²) >= 11 is 11.4. The first-order valence-corrected chi connectivity index (χ1v) is 14.0. The largest absolute Gasteiger partial charge is 0.455 e. The Bertz CT molecular complexity index is 1610. The molecule has 0 fully saturated rings. The van der Waals surface area contributed by atoms with Crippen LogP contribution in [0.3, 0.4) is 0 Å². The molecule has 5 aromatic carbocycles. The number of nitrogens with zero attached hydrogens (tertiary/aromatic N) is 1. The number of anilines is 3. The van der Waals surface area contributed by atoms with Gasteiger partial charge in [-0.15, -0.1) is 0 Å². The topological polar surface area (TPSA) is 12.5 Å². The molecule has 174 valence electrons. The summed E-state index contributed by atoms with van der Waals surface area (Å²) in [7, 11) is 0. The Labute approximate surface area is 234 Å². The summed E-state index contributed by atoms with van der Waals surface area (Å²) < 4.78 is 9.56. The Morgan fingerprint density at radius 3 is 1.86 bits per heavy atom. The van der Waals surface area contributed by atoms with Crippen LogP contribution in [0.25, 0.3) is 0 Å². The van der Waals surface area contributed by atoms with Gasteiger partial charge in [-0.25, -0.2) is 0 Å². The van der Waals surface area contributed by atoms with Gasteiger partial charge in [0.2, 0.25) is 0 Å². The Morgan fingerprint density at radius 1 is 0.556 bits per heavy atom. The average Bonchev–Trinajstić information content (AvgIpc) is 2.90. The van der Waals surface area contributed by atoms with Crippen LogP contribution in [0, 0.1) is 0 Å². The van der Waals surface area contributed by atoms with Crippen molar-refractivity contribution in [3.8, 4) is 11.5 Å². The molecular formula is C31H18Br3NO. The predicted molar refractivity (Wildman–Crippen MR) is 156 cm³/mol. The van der Waals surface area contributed by atoms with Crippen LogP contribution in [0.15, 0.2) is 123 Å². The highest BCUT2D eigenvalue weighted by atomic mass is 79.9. The highest BCUT2D eigenvalue weighted by molar-refractivity contribution is 9.11. The summed E-state index contributed by atoms with van der Waals surface area (Å²) in [6.45, 7) is 0. The first kappa shape index (κ1) is 22.3. The van der Waals surface area contributed by atoms with Crippen LogP contribution < -0.4 is 9.64 Å². The van der Waals surface area contributed by atoms with E-state index in [4.69, 9.17) is 4.74 Å². The normalized spacial score (nSPS) is 14.4. The van der Waals surface area contributed by atoms with Crippen molar-refractivity contribution in [1.29, 1.82) is 0 Å². The monoisotopic (exact) mass is 657 g/mol. The number of fused-ring (bicyclic) bond motifs is 8. The summed E-state index contributed by atoms with van der Waals surface area (Å²) in [5, 5.41) is 0. The lowest BCUT2D eigenvalue weighted by Crippen LogP contribution is -2.39. The summed E-state index contributed by atoms with van der Waals surface area (Å²) in [6, 6.07) is 38.5. The SMILES string of the molecule is Brc1ccc2c(c1)C1(c3ccccc3Oc3c(Br)cccc31)c1cc(Br)ccc1N2c1ccccc1. The number of benzene rings is 5. The Balaban J connectivity index is 1.71. The molecule has 36 heavy (non-hydrogen) atoms. The molecule has 7 rings (SSSR count). The van der Waals surface area contributed by atoms with Crippen LogP contribution in [0.2, 0.25) is 0 Å². The van der Waals surface area contributed by atoms with Crippen molar-refractivity contribution in [2.75, 3.05) is 4.90 Å². The van der Waals surface area contributed by atoms with Crippen LogP contribution in [0.1, 0.15) is 22.3 Å². The van der Waals surface area contributed by atoms with Gasteiger partial charge in [0.05, 0.1) is 21.3 Å². The van der Waals surface area contributed by atoms with Crippen LogP contribution in [-0.2, 0) is 5.41 Å². The summed E-state index contributed by atoms with van der Waals surface area (Å²) in [5.74, 6) is 1.71. The molecule has 0 bridgehead atoms. The van der Waals surface area contributed by atoms with E-state index in [1.807, 2.05) is 12.1 Å². The van der Waals surface area contributed by atoms with Gasteiger partial charge in [0.15, 0.2) is 0 Å². The zero-order valence-corrected chi connectivity index (χ0v) is 23.6. The molecular weight excluding hydrogens is 642 g/mol. The van der Waals surface area contributed by atoms with E-state index in [0.29, 0.717) is 0 Å². The van der Waals surface area contributed by atoms with Crippen molar-refractivity contribution < 1.29 is 4.74 Å². The Kier molecular flexibility index (Phi) is 5.18. The molecule has 1 spiro atoms. The van der Waals surface area contributed by atoms with Gasteiger partial charge in [0.25, 0.3) is 0 Å². The molecule has 2 aliphatic heterocycles. The molecule has 0 aliphatic carbocycles. The summed E-state index contributed by atoms with van der Waals surface area (Å²) in [5.41, 5.74) is 7.45. The number of hydrogen-bond acceptors (Lipinski definition) is 2. The van der Waals surface area contributed by atoms with Gasteiger partial charge in [-0.05, 0) is 87.7 Å². The minimum atomic E-state index is -0.586. The number of para-hydroxylation sites is 3. The second kappa shape index (κ2) is 8.34. The van der Waals surface area contributed by atoms with Gasteiger partial charge < -0.3 is 9.64 Å². The molecule has 0 saturated heterocycles. The highest BCUT2D eigenvalue weighted by Gasteiger charge is 2.51. The molecule has 5 heteroatoms. The van der Waals surface area contributed by atoms with E-state index in [9.17, 15) is 0 Å². The zero-order valence-electron chi connectivity index (χ0n) is 18.9. The lowest BCUT2D eigenvalue weighted by atomic mass is 9.61.